The number of benzene rings is 2. The van der Waals surface area contributed by atoms with Crippen LogP contribution in [-0.2, 0) is 11.3 Å². The summed E-state index contributed by atoms with van der Waals surface area (Å²) < 4.78 is 1.86. The number of nitrogens with zero attached hydrogens (tertiary/aromatic N) is 3. The Hall–Kier alpha value is -2.93. The lowest BCUT2D eigenvalue weighted by Gasteiger charge is -2.06. The van der Waals surface area contributed by atoms with Gasteiger partial charge in [0, 0.05) is 24.7 Å². The highest BCUT2D eigenvalue weighted by Crippen LogP contribution is 2.20. The molecule has 0 aliphatic carbocycles. The van der Waals surface area contributed by atoms with Crippen LogP contribution in [0, 0.1) is 0 Å². The van der Waals surface area contributed by atoms with Crippen LogP contribution in [0.3, 0.4) is 0 Å². The van der Waals surface area contributed by atoms with Crippen molar-refractivity contribution < 1.29 is 9.59 Å². The SMILES string of the molecule is CC(=O)NCc1ccc(C(=O)CSc2nncn2-c2ccccc2)cc1. The van der Waals surface area contributed by atoms with E-state index in [1.807, 2.05) is 47.0 Å². The maximum atomic E-state index is 12.4. The van der Waals surface area contributed by atoms with Gasteiger partial charge in [-0.3, -0.25) is 14.2 Å². The van der Waals surface area contributed by atoms with E-state index in [0.29, 0.717) is 17.3 Å². The maximum absolute atomic E-state index is 12.4. The molecule has 26 heavy (non-hydrogen) atoms. The summed E-state index contributed by atoms with van der Waals surface area (Å²) in [6.07, 6.45) is 1.64. The Labute approximate surface area is 155 Å². The van der Waals surface area contributed by atoms with Crippen LogP contribution in [0.5, 0.6) is 0 Å². The van der Waals surface area contributed by atoms with Crippen LogP contribution >= 0.6 is 11.8 Å². The Morgan fingerprint density at radius 2 is 1.81 bits per heavy atom. The van der Waals surface area contributed by atoms with E-state index in [-0.39, 0.29) is 17.4 Å². The molecule has 0 aliphatic heterocycles. The number of aromatic nitrogens is 3. The van der Waals surface area contributed by atoms with Crippen molar-refractivity contribution in [2.75, 3.05) is 5.75 Å². The Balaban J connectivity index is 1.61. The zero-order valence-corrected chi connectivity index (χ0v) is 15.1. The highest BCUT2D eigenvalue weighted by molar-refractivity contribution is 7.99. The minimum Gasteiger partial charge on any atom is -0.352 e. The second-order valence-electron chi connectivity index (χ2n) is 5.64. The fourth-order valence-electron chi connectivity index (χ4n) is 2.34. The number of hydrogen-bond donors (Lipinski definition) is 1. The predicted molar refractivity (Wildman–Crippen MR) is 100 cm³/mol. The first kappa shape index (κ1) is 17.9. The number of ketones is 1. The van der Waals surface area contributed by atoms with Gasteiger partial charge >= 0.3 is 0 Å². The number of thioether (sulfide) groups is 1. The standard InChI is InChI=1S/C19H18N4O2S/c1-14(24)20-11-15-7-9-16(10-8-15)18(25)12-26-19-22-21-13-23(19)17-5-3-2-4-6-17/h2-10,13H,11-12H2,1H3,(H,20,24). The Kier molecular flexibility index (Phi) is 5.80. The van der Waals surface area contributed by atoms with Crippen LogP contribution in [0.1, 0.15) is 22.8 Å². The summed E-state index contributed by atoms with van der Waals surface area (Å²) in [5.41, 5.74) is 2.54. The minimum atomic E-state index is -0.0796. The molecule has 1 amide bonds. The average molecular weight is 366 g/mol. The summed E-state index contributed by atoms with van der Waals surface area (Å²) in [6.45, 7) is 1.93. The van der Waals surface area contributed by atoms with Crippen molar-refractivity contribution >= 4 is 23.5 Å². The third kappa shape index (κ3) is 4.58. The van der Waals surface area contributed by atoms with Gasteiger partial charge in [-0.2, -0.15) is 0 Å². The first-order valence-corrected chi connectivity index (χ1v) is 9.07. The molecule has 2 aromatic carbocycles. The predicted octanol–water partition coefficient (Wildman–Crippen LogP) is 2.88. The number of amides is 1. The average Bonchev–Trinajstić information content (AvgIpc) is 3.14. The van der Waals surface area contributed by atoms with Gasteiger partial charge in [-0.25, -0.2) is 0 Å². The van der Waals surface area contributed by atoms with E-state index in [1.54, 1.807) is 18.5 Å². The lowest BCUT2D eigenvalue weighted by molar-refractivity contribution is -0.119. The van der Waals surface area contributed by atoms with Crippen LogP contribution in [0.2, 0.25) is 0 Å². The molecule has 3 aromatic rings. The van der Waals surface area contributed by atoms with E-state index in [2.05, 4.69) is 15.5 Å². The third-order valence-electron chi connectivity index (χ3n) is 3.70. The molecule has 1 aromatic heterocycles. The molecular weight excluding hydrogens is 348 g/mol. The second-order valence-corrected chi connectivity index (χ2v) is 6.58. The third-order valence-corrected chi connectivity index (χ3v) is 4.64. The lowest BCUT2D eigenvalue weighted by atomic mass is 10.1. The highest BCUT2D eigenvalue weighted by Gasteiger charge is 2.11. The fourth-order valence-corrected chi connectivity index (χ4v) is 3.16. The van der Waals surface area contributed by atoms with Gasteiger partial charge < -0.3 is 5.32 Å². The zero-order chi connectivity index (χ0) is 18.4. The number of Topliss-reactive ketones (excluding diaryl/α,β-unsaturated/α-hetero) is 1. The molecule has 7 heteroatoms. The van der Waals surface area contributed by atoms with Gasteiger partial charge in [-0.15, -0.1) is 10.2 Å². The lowest BCUT2D eigenvalue weighted by Crippen LogP contribution is -2.18. The van der Waals surface area contributed by atoms with Gasteiger partial charge in [0.25, 0.3) is 0 Å². The van der Waals surface area contributed by atoms with Crippen molar-refractivity contribution in [3.63, 3.8) is 0 Å². The van der Waals surface area contributed by atoms with E-state index in [1.165, 1.54) is 18.7 Å². The van der Waals surface area contributed by atoms with Gasteiger partial charge in [0.15, 0.2) is 10.9 Å². The molecule has 0 radical (unpaired) electrons. The van der Waals surface area contributed by atoms with Crippen LogP contribution in [0.15, 0.2) is 66.1 Å². The monoisotopic (exact) mass is 366 g/mol. The number of carbonyl (C=O) groups excluding carboxylic acids is 2. The van der Waals surface area contributed by atoms with Crippen LogP contribution in [0.4, 0.5) is 0 Å². The van der Waals surface area contributed by atoms with Crippen molar-refractivity contribution in [2.45, 2.75) is 18.6 Å². The summed E-state index contributed by atoms with van der Waals surface area (Å²) in [4.78, 5) is 23.4. The number of para-hydroxylation sites is 1. The van der Waals surface area contributed by atoms with Crippen LogP contribution in [-0.4, -0.2) is 32.2 Å². The number of carbonyl (C=O) groups is 2. The van der Waals surface area contributed by atoms with Gasteiger partial charge in [0.2, 0.25) is 5.91 Å². The molecule has 0 fully saturated rings. The molecule has 0 saturated heterocycles. The largest absolute Gasteiger partial charge is 0.352 e. The van der Waals surface area contributed by atoms with Crippen molar-refractivity contribution in [1.29, 1.82) is 0 Å². The second kappa shape index (κ2) is 8.44. The van der Waals surface area contributed by atoms with Gasteiger partial charge in [0.1, 0.15) is 6.33 Å². The Bertz CT molecular complexity index is 891. The molecule has 0 unspecified atom stereocenters. The first-order valence-electron chi connectivity index (χ1n) is 8.08. The number of hydrogen-bond acceptors (Lipinski definition) is 5. The Morgan fingerprint density at radius 3 is 2.50 bits per heavy atom. The summed E-state index contributed by atoms with van der Waals surface area (Å²) in [5, 5.41) is 11.4. The summed E-state index contributed by atoms with van der Waals surface area (Å²) in [7, 11) is 0. The molecular formula is C19H18N4O2S. The van der Waals surface area contributed by atoms with Crippen molar-refractivity contribution in [2.24, 2.45) is 0 Å². The molecule has 0 atom stereocenters. The fraction of sp³-hybridized carbons (Fsp3) is 0.158. The molecule has 6 nitrogen and oxygen atoms in total. The maximum Gasteiger partial charge on any atom is 0.217 e. The Morgan fingerprint density at radius 1 is 1.08 bits per heavy atom. The van der Waals surface area contributed by atoms with Gasteiger partial charge in [-0.1, -0.05) is 54.2 Å². The minimum absolute atomic E-state index is 0.0173. The summed E-state index contributed by atoms with van der Waals surface area (Å²) >= 11 is 1.35. The van der Waals surface area contributed by atoms with E-state index in [0.717, 1.165) is 11.3 Å². The topological polar surface area (TPSA) is 76.9 Å². The van der Waals surface area contributed by atoms with E-state index >= 15 is 0 Å². The van der Waals surface area contributed by atoms with Crippen molar-refractivity contribution in [3.8, 4) is 5.69 Å². The molecule has 3 rings (SSSR count). The summed E-state index contributed by atoms with van der Waals surface area (Å²) in [5.74, 6) is 0.212. The molecule has 0 saturated carbocycles. The van der Waals surface area contributed by atoms with Crippen LogP contribution in [0.25, 0.3) is 5.69 Å². The van der Waals surface area contributed by atoms with Crippen LogP contribution < -0.4 is 5.32 Å². The van der Waals surface area contributed by atoms with Crippen molar-refractivity contribution in [3.05, 3.63) is 72.1 Å². The molecule has 0 bridgehead atoms. The van der Waals surface area contributed by atoms with Crippen molar-refractivity contribution in [1.82, 2.24) is 20.1 Å². The van der Waals surface area contributed by atoms with E-state index in [9.17, 15) is 9.59 Å². The van der Waals surface area contributed by atoms with Gasteiger partial charge in [0.05, 0.1) is 5.75 Å². The first-order chi connectivity index (χ1) is 12.6. The smallest absolute Gasteiger partial charge is 0.217 e. The normalized spacial score (nSPS) is 10.5. The molecule has 1 N–H and O–H groups in total. The van der Waals surface area contributed by atoms with E-state index in [4.69, 9.17) is 0 Å². The van der Waals surface area contributed by atoms with E-state index < -0.39 is 0 Å². The molecule has 0 spiro atoms. The number of rotatable bonds is 7. The number of nitrogens with one attached hydrogen (secondary N) is 1. The molecule has 132 valence electrons. The quantitative estimate of drug-likeness (QED) is 0.514. The molecule has 1 heterocycles. The summed E-state index contributed by atoms with van der Waals surface area (Å²) in [6, 6.07) is 17.0. The zero-order valence-electron chi connectivity index (χ0n) is 14.3. The highest BCUT2D eigenvalue weighted by atomic mass is 32.2. The molecule has 0 aliphatic rings. The van der Waals surface area contributed by atoms with Gasteiger partial charge in [-0.05, 0) is 17.7 Å².